The van der Waals surface area contributed by atoms with Crippen LogP contribution in [0, 0.1) is 22.7 Å². The summed E-state index contributed by atoms with van der Waals surface area (Å²) in [6.45, 7) is 5.79. The van der Waals surface area contributed by atoms with Gasteiger partial charge in [0, 0.05) is 5.41 Å². The van der Waals surface area contributed by atoms with E-state index in [2.05, 4.69) is 13.0 Å². The maximum absolute atomic E-state index is 12.6. The Bertz CT molecular complexity index is 1510. The molecule has 2 unspecified atom stereocenters. The number of aliphatic hydroxyl groups excluding tert-OH is 9. The second kappa shape index (κ2) is 15.8. The van der Waals surface area contributed by atoms with Crippen LogP contribution in [-0.2, 0) is 33.2 Å². The lowest BCUT2D eigenvalue weighted by molar-refractivity contribution is -0.394. The summed E-state index contributed by atoms with van der Waals surface area (Å²) < 4.78 is 36.2. The number of ketones is 1. The number of allylic oxidation sites excluding steroid dienone is 1. The summed E-state index contributed by atoms with van der Waals surface area (Å²) in [5.41, 5.74) is -0.0600. The van der Waals surface area contributed by atoms with Crippen LogP contribution >= 0.6 is 0 Å². The fourth-order valence-corrected chi connectivity index (χ4v) is 11.1. The van der Waals surface area contributed by atoms with Crippen LogP contribution in [-0.4, -0.2) is 174 Å². The summed E-state index contributed by atoms with van der Waals surface area (Å²) in [4.78, 5) is 12.6. The van der Waals surface area contributed by atoms with E-state index in [1.54, 1.807) is 6.92 Å². The predicted molar refractivity (Wildman–Crippen MR) is 190 cm³/mol. The second-order valence-electron chi connectivity index (χ2n) is 17.6. The minimum Gasteiger partial charge on any atom is -0.394 e. The molecule has 7 rings (SSSR count). The number of carbonyl (C=O) groups excluding carboxylic acids is 1. The molecule has 7 aliphatic rings. The number of ether oxygens (including phenoxy) is 6. The first-order valence-corrected chi connectivity index (χ1v) is 19.9. The zero-order valence-corrected chi connectivity index (χ0v) is 32.2. The third-order valence-corrected chi connectivity index (χ3v) is 14.6. The van der Waals surface area contributed by atoms with Crippen molar-refractivity contribution in [1.82, 2.24) is 0 Å². The standard InChI is InChI=1S/C39H60O17/c1-16(42)20-9-12-39(50)22-6-5-18-13-19(7-10-37(18,3)21(22)8-11-38(20,39)4)52-36-33(56-34-30(48)28(46)25(43)17(2)51-34)32(27(45)24(15-41)54-36)55-35-31(49)29(47)26(44)23(14-40)53-35/h5,9,17,19,21-36,40-41,43-50H,6-8,10-15H2,1-4H3/t17-,19?,21-,22+,23+,24+,25-,26+,27+,28+,29-,30+,31+,32-,33+,34-,35-,36+,37-,38+,39?/m0/s1. The van der Waals surface area contributed by atoms with E-state index < -0.39 is 122 Å². The molecule has 17 nitrogen and oxygen atoms in total. The Morgan fingerprint density at radius 3 is 2.00 bits per heavy atom. The smallest absolute Gasteiger partial charge is 0.187 e. The summed E-state index contributed by atoms with van der Waals surface area (Å²) >= 11 is 0. The molecule has 0 spiro atoms. The van der Waals surface area contributed by atoms with Crippen LogP contribution in [0.1, 0.15) is 72.6 Å². The summed E-state index contributed by atoms with van der Waals surface area (Å²) in [6.07, 6.45) is -15.8. The molecule has 0 aromatic carbocycles. The molecule has 3 saturated heterocycles. The highest BCUT2D eigenvalue weighted by molar-refractivity contribution is 5.95. The van der Waals surface area contributed by atoms with E-state index in [-0.39, 0.29) is 23.0 Å². The maximum Gasteiger partial charge on any atom is 0.187 e. The fourth-order valence-electron chi connectivity index (χ4n) is 11.1. The molecule has 56 heavy (non-hydrogen) atoms. The molecular formula is C39H60O17. The Morgan fingerprint density at radius 1 is 0.732 bits per heavy atom. The lowest BCUT2D eigenvalue weighted by Gasteiger charge is -2.61. The minimum atomic E-state index is -1.87. The SMILES string of the molecule is CC(=O)C1=CCC2(O)[C@@H]3CC=C4CC(O[C@@H]5O[C@H](CO)[C@@H](O)[C@H](O[C@@H]6O[C@H](CO)[C@@H](O)[C@H](O)[C@H]6O)[C@H]5O[C@@H]5O[C@@H](C)[C@H](O)[C@@H](O)[C@H]5O)CC[C@]4(C)[C@H]3CC[C@]12C. The van der Waals surface area contributed by atoms with E-state index in [0.29, 0.717) is 44.1 Å². The molecule has 318 valence electrons. The third kappa shape index (κ3) is 6.86. The molecule has 4 aliphatic carbocycles. The van der Waals surface area contributed by atoms with E-state index >= 15 is 0 Å². The second-order valence-corrected chi connectivity index (χ2v) is 17.6. The molecule has 2 saturated carbocycles. The van der Waals surface area contributed by atoms with Crippen molar-refractivity contribution in [2.75, 3.05) is 13.2 Å². The van der Waals surface area contributed by atoms with Gasteiger partial charge >= 0.3 is 0 Å². The first kappa shape index (κ1) is 42.6. The van der Waals surface area contributed by atoms with Crippen LogP contribution in [0.15, 0.2) is 23.3 Å². The monoisotopic (exact) mass is 800 g/mol. The number of fused-ring (bicyclic) bond motifs is 5. The van der Waals surface area contributed by atoms with Gasteiger partial charge in [-0.1, -0.05) is 31.6 Å². The van der Waals surface area contributed by atoms with Crippen molar-refractivity contribution in [2.45, 2.75) is 176 Å². The number of rotatable bonds is 9. The van der Waals surface area contributed by atoms with Crippen molar-refractivity contribution in [3.05, 3.63) is 23.3 Å². The molecule has 3 heterocycles. The highest BCUT2D eigenvalue weighted by Gasteiger charge is 2.65. The van der Waals surface area contributed by atoms with Crippen molar-refractivity contribution in [3.63, 3.8) is 0 Å². The number of aliphatic hydroxyl groups is 10. The van der Waals surface area contributed by atoms with Crippen LogP contribution in [0.5, 0.6) is 0 Å². The minimum absolute atomic E-state index is 0.00498. The van der Waals surface area contributed by atoms with E-state index in [1.807, 2.05) is 13.0 Å². The Kier molecular flexibility index (Phi) is 12.1. The molecule has 5 fully saturated rings. The number of hydrogen-bond acceptors (Lipinski definition) is 17. The molecule has 3 aliphatic heterocycles. The molecule has 10 N–H and O–H groups in total. The van der Waals surface area contributed by atoms with Gasteiger partial charge in [-0.25, -0.2) is 0 Å². The first-order valence-electron chi connectivity index (χ1n) is 19.9. The van der Waals surface area contributed by atoms with Crippen LogP contribution in [0.2, 0.25) is 0 Å². The van der Waals surface area contributed by atoms with Crippen molar-refractivity contribution in [1.29, 1.82) is 0 Å². The summed E-state index contributed by atoms with van der Waals surface area (Å²) in [5, 5.41) is 107. The van der Waals surface area contributed by atoms with Crippen LogP contribution in [0.25, 0.3) is 0 Å². The van der Waals surface area contributed by atoms with Crippen LogP contribution in [0.4, 0.5) is 0 Å². The molecule has 0 aromatic heterocycles. The molecule has 0 aromatic rings. The van der Waals surface area contributed by atoms with E-state index in [0.717, 1.165) is 12.0 Å². The van der Waals surface area contributed by atoms with Gasteiger partial charge in [-0.2, -0.15) is 0 Å². The van der Waals surface area contributed by atoms with Gasteiger partial charge in [0.15, 0.2) is 24.7 Å². The Balaban J connectivity index is 1.15. The van der Waals surface area contributed by atoms with Gasteiger partial charge in [0.05, 0.1) is 31.0 Å². The molecule has 21 atom stereocenters. The summed E-state index contributed by atoms with van der Waals surface area (Å²) in [7, 11) is 0. The number of carbonyl (C=O) groups is 1. The third-order valence-electron chi connectivity index (χ3n) is 14.6. The molecule has 0 amide bonds. The topological polar surface area (TPSA) is 275 Å². The van der Waals surface area contributed by atoms with Gasteiger partial charge in [0.25, 0.3) is 0 Å². The molecule has 0 bridgehead atoms. The fraction of sp³-hybridized carbons (Fsp3) is 0.872. The number of hydrogen-bond donors (Lipinski definition) is 10. The Labute approximate surface area is 325 Å². The molecular weight excluding hydrogens is 740 g/mol. The summed E-state index contributed by atoms with van der Waals surface area (Å²) in [6, 6.07) is 0. The predicted octanol–water partition coefficient (Wildman–Crippen LogP) is -1.95. The van der Waals surface area contributed by atoms with Crippen molar-refractivity contribution in [2.24, 2.45) is 22.7 Å². The molecule has 17 heteroatoms. The van der Waals surface area contributed by atoms with E-state index in [4.69, 9.17) is 28.4 Å². The van der Waals surface area contributed by atoms with E-state index in [1.165, 1.54) is 6.92 Å². The molecule has 0 radical (unpaired) electrons. The number of Topliss-reactive ketones (excluding diaryl/α,β-unsaturated/α-hetero) is 1. The van der Waals surface area contributed by atoms with E-state index in [9.17, 15) is 55.9 Å². The van der Waals surface area contributed by atoms with Gasteiger partial charge in [0.1, 0.15) is 67.1 Å². The average molecular weight is 801 g/mol. The Hall–Kier alpha value is -1.49. The summed E-state index contributed by atoms with van der Waals surface area (Å²) in [5.74, 6) is 0.0992. The first-order chi connectivity index (χ1) is 26.4. The van der Waals surface area contributed by atoms with Gasteiger partial charge in [-0.15, -0.1) is 0 Å². The highest BCUT2D eigenvalue weighted by Crippen LogP contribution is 2.66. The van der Waals surface area contributed by atoms with Crippen molar-refractivity contribution in [3.8, 4) is 0 Å². The Morgan fingerprint density at radius 2 is 1.34 bits per heavy atom. The van der Waals surface area contributed by atoms with Crippen molar-refractivity contribution < 1.29 is 84.3 Å². The quantitative estimate of drug-likeness (QED) is 0.114. The zero-order valence-electron chi connectivity index (χ0n) is 32.2. The van der Waals surface area contributed by atoms with Crippen LogP contribution in [0.3, 0.4) is 0 Å². The van der Waals surface area contributed by atoms with Gasteiger partial charge in [0.2, 0.25) is 0 Å². The van der Waals surface area contributed by atoms with Crippen molar-refractivity contribution >= 4 is 5.78 Å². The largest absolute Gasteiger partial charge is 0.394 e. The van der Waals surface area contributed by atoms with Gasteiger partial charge in [-0.3, -0.25) is 4.79 Å². The zero-order chi connectivity index (χ0) is 40.6. The lowest BCUT2D eigenvalue weighted by atomic mass is 9.45. The lowest BCUT2D eigenvalue weighted by Crippen LogP contribution is -2.67. The maximum atomic E-state index is 12.6. The average Bonchev–Trinajstić information content (AvgIpc) is 3.46. The highest BCUT2D eigenvalue weighted by atomic mass is 16.8. The van der Waals surface area contributed by atoms with Gasteiger partial charge in [-0.05, 0) is 81.6 Å². The van der Waals surface area contributed by atoms with Crippen LogP contribution < -0.4 is 0 Å². The normalized spacial score (nSPS) is 53.3. The van der Waals surface area contributed by atoms with Gasteiger partial charge < -0.3 is 79.5 Å².